The fraction of sp³-hybridized carbons (Fsp3) is 0.409. The Kier molecular flexibility index (Phi) is 9.98. The minimum absolute atomic E-state index is 0.435. The predicted molar refractivity (Wildman–Crippen MR) is 136 cm³/mol. The van der Waals surface area contributed by atoms with Gasteiger partial charge in [0.25, 0.3) is 6.20 Å². The second-order valence-corrected chi connectivity index (χ2v) is 9.75. The van der Waals surface area contributed by atoms with Gasteiger partial charge in [-0.05, 0) is 56.7 Å². The number of imidazole rings is 1. The van der Waals surface area contributed by atoms with Gasteiger partial charge in [-0.25, -0.2) is 4.98 Å². The summed E-state index contributed by atoms with van der Waals surface area (Å²) in [4.78, 5) is 16.9. The van der Waals surface area contributed by atoms with E-state index in [4.69, 9.17) is 4.42 Å². The largest absolute Gasteiger partial charge is 0.464 e. The number of nitrogens with zero attached hydrogens (tertiary/aromatic N) is 4. The number of para-hydroxylation sites is 2. The first-order valence-electron chi connectivity index (χ1n) is 10.7. The van der Waals surface area contributed by atoms with Crippen molar-refractivity contribution in [3.63, 3.8) is 0 Å². The standard InChI is InChI=1S/C22H30N6O3S2/c1-26(2)14-18-8-9-19(31-18)16-32-13-11-24-22(15-28(29)30)23-10-5-12-33-27-17-25-20-6-3-4-7-21(20)27/h3-4,6-9,15,17,23-24H,5,10-14,16H2,1-2H3. The van der Waals surface area contributed by atoms with Gasteiger partial charge in [0.1, 0.15) is 17.8 Å². The third-order valence-electron chi connectivity index (χ3n) is 4.52. The fourth-order valence-electron chi connectivity index (χ4n) is 3.08. The first kappa shape index (κ1) is 25.0. The van der Waals surface area contributed by atoms with Crippen molar-refractivity contribution in [2.75, 3.05) is 38.7 Å². The number of furan rings is 1. The molecule has 11 heteroatoms. The maximum atomic E-state index is 10.9. The van der Waals surface area contributed by atoms with Crippen molar-refractivity contribution in [3.05, 3.63) is 76.4 Å². The molecule has 2 heterocycles. The van der Waals surface area contributed by atoms with E-state index in [0.717, 1.165) is 59.0 Å². The van der Waals surface area contributed by atoms with Crippen LogP contribution in [0.5, 0.6) is 0 Å². The molecule has 0 amide bonds. The van der Waals surface area contributed by atoms with Crippen molar-refractivity contribution in [2.24, 2.45) is 0 Å². The lowest BCUT2D eigenvalue weighted by atomic mass is 10.3. The molecule has 0 unspecified atom stereocenters. The molecule has 0 saturated carbocycles. The Morgan fingerprint density at radius 1 is 1.18 bits per heavy atom. The number of nitro groups is 1. The molecule has 0 aliphatic heterocycles. The van der Waals surface area contributed by atoms with E-state index in [1.807, 2.05) is 56.8 Å². The van der Waals surface area contributed by atoms with Gasteiger partial charge in [0, 0.05) is 24.6 Å². The second kappa shape index (κ2) is 13.2. The Hall–Kier alpha value is -2.63. The van der Waals surface area contributed by atoms with Crippen LogP contribution in [-0.2, 0) is 12.3 Å². The van der Waals surface area contributed by atoms with E-state index < -0.39 is 4.92 Å². The van der Waals surface area contributed by atoms with Crippen LogP contribution in [0.2, 0.25) is 0 Å². The lowest BCUT2D eigenvalue weighted by Crippen LogP contribution is -2.29. The molecule has 0 aliphatic rings. The Morgan fingerprint density at radius 2 is 1.97 bits per heavy atom. The number of nitrogens with one attached hydrogen (secondary N) is 2. The number of hydrogen-bond acceptors (Lipinski definition) is 9. The van der Waals surface area contributed by atoms with Gasteiger partial charge in [-0.15, -0.1) is 0 Å². The summed E-state index contributed by atoms with van der Waals surface area (Å²) in [7, 11) is 4.01. The van der Waals surface area contributed by atoms with Crippen LogP contribution in [0.3, 0.4) is 0 Å². The van der Waals surface area contributed by atoms with Crippen molar-refractivity contribution < 1.29 is 9.34 Å². The van der Waals surface area contributed by atoms with Gasteiger partial charge in [0.2, 0.25) is 0 Å². The number of thioether (sulfide) groups is 1. The molecule has 0 radical (unpaired) electrons. The summed E-state index contributed by atoms with van der Waals surface area (Å²) >= 11 is 3.40. The monoisotopic (exact) mass is 490 g/mol. The number of hydrogen-bond donors (Lipinski definition) is 2. The molecule has 1 aromatic carbocycles. The molecule has 0 aliphatic carbocycles. The highest BCUT2D eigenvalue weighted by atomic mass is 32.2. The Bertz CT molecular complexity index is 1050. The van der Waals surface area contributed by atoms with Crippen LogP contribution in [0.4, 0.5) is 0 Å². The summed E-state index contributed by atoms with van der Waals surface area (Å²) < 4.78 is 7.85. The number of fused-ring (bicyclic) bond motifs is 1. The average Bonchev–Trinajstić information content (AvgIpc) is 3.39. The molecule has 9 nitrogen and oxygen atoms in total. The zero-order valence-corrected chi connectivity index (χ0v) is 20.5. The summed E-state index contributed by atoms with van der Waals surface area (Å²) in [5, 5.41) is 17.2. The van der Waals surface area contributed by atoms with Crippen molar-refractivity contribution in [2.45, 2.75) is 18.7 Å². The molecule has 0 saturated heterocycles. The first-order chi connectivity index (χ1) is 16.0. The summed E-state index contributed by atoms with van der Waals surface area (Å²) in [6.07, 6.45) is 3.67. The average molecular weight is 491 g/mol. The molecule has 2 N–H and O–H groups in total. The molecule has 3 rings (SSSR count). The zero-order chi connectivity index (χ0) is 23.5. The summed E-state index contributed by atoms with van der Waals surface area (Å²) in [6, 6.07) is 12.0. The zero-order valence-electron chi connectivity index (χ0n) is 18.9. The SMILES string of the molecule is CN(C)Cc1ccc(CSCCNC(=C[N+](=O)[O-])NCCCSn2cnc3ccccc32)o1. The normalized spacial score (nSPS) is 11.9. The highest BCUT2D eigenvalue weighted by molar-refractivity contribution is 7.98. The van der Waals surface area contributed by atoms with E-state index in [1.165, 1.54) is 0 Å². The minimum atomic E-state index is -0.440. The second-order valence-electron chi connectivity index (χ2n) is 7.59. The van der Waals surface area contributed by atoms with Crippen molar-refractivity contribution in [1.29, 1.82) is 0 Å². The van der Waals surface area contributed by atoms with Crippen LogP contribution in [-0.4, -0.2) is 57.5 Å². The summed E-state index contributed by atoms with van der Waals surface area (Å²) in [6.45, 7) is 2.04. The molecular weight excluding hydrogens is 460 g/mol. The smallest absolute Gasteiger partial charge is 0.274 e. The predicted octanol–water partition coefficient (Wildman–Crippen LogP) is 3.77. The van der Waals surface area contributed by atoms with E-state index in [9.17, 15) is 10.1 Å². The van der Waals surface area contributed by atoms with Gasteiger partial charge in [-0.2, -0.15) is 11.8 Å². The highest BCUT2D eigenvalue weighted by Gasteiger charge is 2.06. The fourth-order valence-corrected chi connectivity index (χ4v) is 4.71. The first-order valence-corrected chi connectivity index (χ1v) is 12.8. The van der Waals surface area contributed by atoms with Crippen LogP contribution in [0, 0.1) is 10.1 Å². The van der Waals surface area contributed by atoms with Gasteiger partial charge in [-0.3, -0.25) is 14.1 Å². The summed E-state index contributed by atoms with van der Waals surface area (Å²) in [5.41, 5.74) is 2.06. The third kappa shape index (κ3) is 8.67. The molecule has 3 aromatic rings. The Balaban J connectivity index is 1.32. The molecule has 178 valence electrons. The molecule has 33 heavy (non-hydrogen) atoms. The molecular formula is C22H30N6O3S2. The van der Waals surface area contributed by atoms with E-state index >= 15 is 0 Å². The summed E-state index contributed by atoms with van der Waals surface area (Å²) in [5.74, 6) is 4.78. The molecule has 0 spiro atoms. The quantitative estimate of drug-likeness (QED) is 0.187. The van der Waals surface area contributed by atoms with Crippen LogP contribution in [0.25, 0.3) is 11.0 Å². The molecule has 0 bridgehead atoms. The Labute approximate surface area is 202 Å². The van der Waals surface area contributed by atoms with Gasteiger partial charge in [0.05, 0.1) is 28.3 Å². The van der Waals surface area contributed by atoms with Crippen LogP contribution in [0.15, 0.2) is 59.2 Å². The number of benzene rings is 1. The lowest BCUT2D eigenvalue weighted by molar-refractivity contribution is -0.404. The highest BCUT2D eigenvalue weighted by Crippen LogP contribution is 2.18. The van der Waals surface area contributed by atoms with E-state index in [2.05, 4.69) is 24.5 Å². The maximum Gasteiger partial charge on any atom is 0.274 e. The van der Waals surface area contributed by atoms with Crippen LogP contribution < -0.4 is 10.6 Å². The maximum absolute atomic E-state index is 10.9. The minimum Gasteiger partial charge on any atom is -0.464 e. The lowest BCUT2D eigenvalue weighted by Gasteiger charge is -2.11. The molecule has 0 atom stereocenters. The Morgan fingerprint density at radius 3 is 2.79 bits per heavy atom. The van der Waals surface area contributed by atoms with E-state index in [1.54, 1.807) is 23.7 Å². The van der Waals surface area contributed by atoms with Gasteiger partial charge in [-0.1, -0.05) is 12.1 Å². The van der Waals surface area contributed by atoms with Gasteiger partial charge >= 0.3 is 0 Å². The van der Waals surface area contributed by atoms with Crippen LogP contribution >= 0.6 is 23.7 Å². The van der Waals surface area contributed by atoms with Crippen molar-refractivity contribution in [3.8, 4) is 0 Å². The van der Waals surface area contributed by atoms with E-state index in [-0.39, 0.29) is 0 Å². The third-order valence-corrected chi connectivity index (χ3v) is 6.54. The van der Waals surface area contributed by atoms with Gasteiger partial charge < -0.3 is 20.0 Å². The number of aromatic nitrogens is 2. The van der Waals surface area contributed by atoms with E-state index in [0.29, 0.717) is 18.9 Å². The molecule has 0 fully saturated rings. The number of rotatable bonds is 15. The van der Waals surface area contributed by atoms with Gasteiger partial charge in [0.15, 0.2) is 5.82 Å². The van der Waals surface area contributed by atoms with Crippen LogP contribution in [0.1, 0.15) is 17.9 Å². The van der Waals surface area contributed by atoms with Crippen molar-refractivity contribution >= 4 is 34.7 Å². The molecule has 2 aromatic heterocycles. The van der Waals surface area contributed by atoms with Crippen molar-refractivity contribution in [1.82, 2.24) is 24.5 Å². The topological polar surface area (TPSA) is 101 Å².